The molecule has 0 saturated heterocycles. The largest absolute Gasteiger partial charge is 0.478 e. The molecular weight excluding hydrogens is 266 g/mol. The van der Waals surface area contributed by atoms with Gasteiger partial charge in [0.1, 0.15) is 5.75 Å². The second-order valence-electron chi connectivity index (χ2n) is 4.90. The molecule has 0 amide bonds. The molecule has 108 valence electrons. The molecule has 21 heavy (non-hydrogen) atoms. The van der Waals surface area contributed by atoms with Crippen LogP contribution in [0.3, 0.4) is 0 Å². The summed E-state index contributed by atoms with van der Waals surface area (Å²) in [5.41, 5.74) is 1.85. The van der Waals surface area contributed by atoms with Crippen LogP contribution in [0.4, 0.5) is 0 Å². The maximum Gasteiger partial charge on any atom is 0.328 e. The molecule has 0 bridgehead atoms. The van der Waals surface area contributed by atoms with Crippen LogP contribution in [0.5, 0.6) is 11.6 Å². The third-order valence-electron chi connectivity index (χ3n) is 2.97. The quantitative estimate of drug-likeness (QED) is 0.839. The maximum absolute atomic E-state index is 10.6. The number of carboxylic acids is 1. The van der Waals surface area contributed by atoms with E-state index in [0.29, 0.717) is 23.1 Å². The van der Waals surface area contributed by atoms with E-state index >= 15 is 0 Å². The fourth-order valence-electron chi connectivity index (χ4n) is 1.81. The summed E-state index contributed by atoms with van der Waals surface area (Å²) in [6.45, 7) is 4.26. The first-order valence-corrected chi connectivity index (χ1v) is 6.70. The van der Waals surface area contributed by atoms with Gasteiger partial charge >= 0.3 is 5.97 Å². The van der Waals surface area contributed by atoms with Crippen LogP contribution in [0.25, 0.3) is 6.08 Å². The lowest BCUT2D eigenvalue weighted by Gasteiger charge is -2.09. The van der Waals surface area contributed by atoms with Crippen LogP contribution in [0.15, 0.2) is 48.7 Å². The zero-order valence-electron chi connectivity index (χ0n) is 12.0. The van der Waals surface area contributed by atoms with Gasteiger partial charge in [0.05, 0.1) is 0 Å². The Hall–Kier alpha value is -2.62. The minimum atomic E-state index is -1.01. The van der Waals surface area contributed by atoms with Crippen molar-refractivity contribution >= 4 is 12.0 Å². The predicted molar refractivity (Wildman–Crippen MR) is 81.5 cm³/mol. The first-order valence-electron chi connectivity index (χ1n) is 6.70. The number of ether oxygens (including phenoxy) is 1. The molecule has 2 rings (SSSR count). The summed E-state index contributed by atoms with van der Waals surface area (Å²) in [4.78, 5) is 14.7. The van der Waals surface area contributed by atoms with E-state index in [4.69, 9.17) is 9.84 Å². The third kappa shape index (κ3) is 4.18. The van der Waals surface area contributed by atoms with Crippen molar-refractivity contribution in [1.82, 2.24) is 4.98 Å². The van der Waals surface area contributed by atoms with E-state index in [-0.39, 0.29) is 0 Å². The van der Waals surface area contributed by atoms with Crippen molar-refractivity contribution < 1.29 is 14.6 Å². The van der Waals surface area contributed by atoms with Crippen LogP contribution >= 0.6 is 0 Å². The fourth-order valence-corrected chi connectivity index (χ4v) is 1.81. The van der Waals surface area contributed by atoms with Crippen LogP contribution in [-0.4, -0.2) is 16.1 Å². The second-order valence-corrected chi connectivity index (χ2v) is 4.90. The fraction of sp³-hybridized carbons (Fsp3) is 0.176. The van der Waals surface area contributed by atoms with Gasteiger partial charge in [-0.2, -0.15) is 0 Å². The lowest BCUT2D eigenvalue weighted by Crippen LogP contribution is -1.93. The first kappa shape index (κ1) is 14.8. The van der Waals surface area contributed by atoms with Crippen LogP contribution in [-0.2, 0) is 4.79 Å². The molecule has 4 heteroatoms. The van der Waals surface area contributed by atoms with Crippen LogP contribution in [0, 0.1) is 0 Å². The number of carbonyl (C=O) groups is 1. The molecule has 0 aliphatic carbocycles. The minimum absolute atomic E-state index is 0.382. The molecule has 0 unspecified atom stereocenters. The predicted octanol–water partition coefficient (Wildman–Crippen LogP) is 4.10. The molecular formula is C17H17NO3. The summed E-state index contributed by atoms with van der Waals surface area (Å²) >= 11 is 0. The summed E-state index contributed by atoms with van der Waals surface area (Å²) in [5.74, 6) is 0.504. The van der Waals surface area contributed by atoms with Gasteiger partial charge in [0.25, 0.3) is 0 Å². The number of benzene rings is 1. The molecule has 0 aliphatic rings. The standard InChI is InChI=1S/C17H17NO3/c1-12(2)13-5-8-15(9-6-13)21-17-14(4-3-11-18-17)7-10-16(19)20/h3-12H,1-2H3,(H,19,20)/b10-7+. The average Bonchev–Trinajstić information content (AvgIpc) is 2.47. The highest BCUT2D eigenvalue weighted by atomic mass is 16.5. The molecule has 4 nitrogen and oxygen atoms in total. The first-order chi connectivity index (χ1) is 10.1. The van der Waals surface area contributed by atoms with Gasteiger partial charge in [0, 0.05) is 17.8 Å². The average molecular weight is 283 g/mol. The van der Waals surface area contributed by atoms with Crippen molar-refractivity contribution in [3.05, 3.63) is 59.8 Å². The number of nitrogens with zero attached hydrogens (tertiary/aromatic N) is 1. The topological polar surface area (TPSA) is 59.4 Å². The number of rotatable bonds is 5. The summed E-state index contributed by atoms with van der Waals surface area (Å²) in [5, 5.41) is 8.69. The van der Waals surface area contributed by atoms with E-state index in [2.05, 4.69) is 18.8 Å². The van der Waals surface area contributed by atoms with E-state index in [1.54, 1.807) is 18.3 Å². The number of aliphatic carboxylic acids is 1. The molecule has 1 N–H and O–H groups in total. The van der Waals surface area contributed by atoms with Gasteiger partial charge in [-0.3, -0.25) is 0 Å². The van der Waals surface area contributed by atoms with Crippen LogP contribution in [0.2, 0.25) is 0 Å². The Kier molecular flexibility index (Phi) is 4.72. The zero-order chi connectivity index (χ0) is 15.2. The van der Waals surface area contributed by atoms with Crippen molar-refractivity contribution in [2.24, 2.45) is 0 Å². The van der Waals surface area contributed by atoms with Crippen LogP contribution in [0.1, 0.15) is 30.9 Å². The summed E-state index contributed by atoms with van der Waals surface area (Å²) in [7, 11) is 0. The molecule has 0 fully saturated rings. The number of aromatic nitrogens is 1. The van der Waals surface area contributed by atoms with E-state index in [1.165, 1.54) is 11.6 Å². The molecule has 2 aromatic rings. The molecule has 0 radical (unpaired) electrons. The number of hydrogen-bond acceptors (Lipinski definition) is 3. The molecule has 1 aromatic heterocycles. The van der Waals surface area contributed by atoms with Crippen molar-refractivity contribution in [3.8, 4) is 11.6 Å². The Bertz CT molecular complexity index is 645. The lowest BCUT2D eigenvalue weighted by atomic mass is 10.0. The molecule has 1 aromatic carbocycles. The number of hydrogen-bond donors (Lipinski definition) is 1. The molecule has 0 atom stereocenters. The second kappa shape index (κ2) is 6.70. The van der Waals surface area contributed by atoms with Gasteiger partial charge in [0.2, 0.25) is 5.88 Å². The van der Waals surface area contributed by atoms with Crippen molar-refractivity contribution in [1.29, 1.82) is 0 Å². The number of carboxylic acid groups (broad SMARTS) is 1. The van der Waals surface area contributed by atoms with Gasteiger partial charge in [0.15, 0.2) is 0 Å². The smallest absolute Gasteiger partial charge is 0.328 e. The Balaban J connectivity index is 2.21. The van der Waals surface area contributed by atoms with Crippen molar-refractivity contribution in [2.45, 2.75) is 19.8 Å². The summed E-state index contributed by atoms with van der Waals surface area (Å²) in [6, 6.07) is 11.3. The highest BCUT2D eigenvalue weighted by molar-refractivity contribution is 5.85. The van der Waals surface area contributed by atoms with Crippen molar-refractivity contribution in [2.75, 3.05) is 0 Å². The highest BCUT2D eigenvalue weighted by Gasteiger charge is 2.05. The van der Waals surface area contributed by atoms with E-state index in [0.717, 1.165) is 6.08 Å². The van der Waals surface area contributed by atoms with E-state index < -0.39 is 5.97 Å². The van der Waals surface area contributed by atoms with Crippen molar-refractivity contribution in [3.63, 3.8) is 0 Å². The van der Waals surface area contributed by atoms with Gasteiger partial charge in [-0.1, -0.05) is 26.0 Å². The highest BCUT2D eigenvalue weighted by Crippen LogP contribution is 2.25. The molecule has 0 spiro atoms. The minimum Gasteiger partial charge on any atom is -0.478 e. The Morgan fingerprint density at radius 1 is 1.24 bits per heavy atom. The van der Waals surface area contributed by atoms with Crippen LogP contribution < -0.4 is 4.74 Å². The Morgan fingerprint density at radius 3 is 2.57 bits per heavy atom. The molecule has 1 heterocycles. The van der Waals surface area contributed by atoms with E-state index in [9.17, 15) is 4.79 Å². The summed E-state index contributed by atoms with van der Waals surface area (Å²) < 4.78 is 5.72. The van der Waals surface area contributed by atoms with Gasteiger partial charge in [-0.05, 0) is 41.8 Å². The maximum atomic E-state index is 10.6. The van der Waals surface area contributed by atoms with Gasteiger partial charge in [-0.15, -0.1) is 0 Å². The van der Waals surface area contributed by atoms with Gasteiger partial charge in [-0.25, -0.2) is 9.78 Å². The zero-order valence-corrected chi connectivity index (χ0v) is 12.0. The van der Waals surface area contributed by atoms with E-state index in [1.807, 2.05) is 24.3 Å². The number of pyridine rings is 1. The Morgan fingerprint density at radius 2 is 1.95 bits per heavy atom. The normalized spacial score (nSPS) is 11.0. The lowest BCUT2D eigenvalue weighted by molar-refractivity contribution is -0.131. The SMILES string of the molecule is CC(C)c1ccc(Oc2ncccc2/C=C/C(=O)O)cc1. The third-order valence-corrected chi connectivity index (χ3v) is 2.97. The molecule has 0 aliphatic heterocycles. The summed E-state index contributed by atoms with van der Waals surface area (Å²) in [6.07, 6.45) is 4.13. The molecule has 0 saturated carbocycles. The monoisotopic (exact) mass is 283 g/mol. The Labute approximate surface area is 123 Å². The van der Waals surface area contributed by atoms with Gasteiger partial charge < -0.3 is 9.84 Å².